The fraction of sp³-hybridized carbons (Fsp3) is 0.854. The second-order valence-electron chi connectivity index (χ2n) is 18.9. The number of hydrogen-bond acceptors (Lipinski definition) is 13. The molecule has 55 heavy (non-hydrogen) atoms. The summed E-state index contributed by atoms with van der Waals surface area (Å²) < 4.78 is 28.2. The van der Waals surface area contributed by atoms with Crippen LogP contribution in [0.25, 0.3) is 0 Å². The Labute approximate surface area is 322 Å². The third-order valence-corrected chi connectivity index (χ3v) is 16.6. The minimum Gasteiger partial charge on any atom is -0.481 e. The maximum absolute atomic E-state index is 12.9. The Hall–Kier alpha value is -1.98. The summed E-state index contributed by atoms with van der Waals surface area (Å²) in [4.78, 5) is 25.1. The lowest BCUT2D eigenvalue weighted by Crippen LogP contribution is -2.67. The molecular formula is C41H62O14. The van der Waals surface area contributed by atoms with Crippen molar-refractivity contribution in [3.8, 4) is 0 Å². The van der Waals surface area contributed by atoms with Crippen molar-refractivity contribution in [1.82, 2.24) is 0 Å². The number of carbonyl (C=O) groups is 2. The first-order valence-electron chi connectivity index (χ1n) is 20.1. The van der Waals surface area contributed by atoms with Gasteiger partial charge in [-0.25, -0.2) is 4.79 Å². The Kier molecular flexibility index (Phi) is 10.8. The van der Waals surface area contributed by atoms with E-state index in [1.165, 1.54) is 5.57 Å². The van der Waals surface area contributed by atoms with Crippen molar-refractivity contribution in [3.63, 3.8) is 0 Å². The molecule has 310 valence electrons. The highest BCUT2D eigenvalue weighted by Gasteiger charge is 2.69. The lowest BCUT2D eigenvalue weighted by molar-refractivity contribution is -0.354. The molecule has 0 unspecified atom stereocenters. The first-order valence-corrected chi connectivity index (χ1v) is 20.1. The normalized spacial score (nSPS) is 52.5. The van der Waals surface area contributed by atoms with Crippen LogP contribution in [0.1, 0.15) is 91.9 Å². The highest BCUT2D eigenvalue weighted by atomic mass is 16.7. The van der Waals surface area contributed by atoms with Gasteiger partial charge in [-0.05, 0) is 92.3 Å². The van der Waals surface area contributed by atoms with Gasteiger partial charge in [0.25, 0.3) is 0 Å². The van der Waals surface area contributed by atoms with Crippen molar-refractivity contribution in [2.24, 2.45) is 44.8 Å². The number of aliphatic hydroxyl groups is 6. The molecule has 0 spiro atoms. The number of allylic oxidation sites excluding steroid dienone is 3. The molecule has 7 N–H and O–H groups in total. The van der Waals surface area contributed by atoms with E-state index in [0.717, 1.165) is 57.6 Å². The number of hydrogen-bond donors (Lipinski definition) is 7. The highest BCUT2D eigenvalue weighted by Crippen LogP contribution is 2.75. The molecular weight excluding hydrogens is 716 g/mol. The molecule has 18 atom stereocenters. The van der Waals surface area contributed by atoms with E-state index < -0.39 is 84.2 Å². The number of ether oxygens (including phenoxy) is 5. The number of methoxy groups -OCH3 is 1. The summed E-state index contributed by atoms with van der Waals surface area (Å²) in [6, 6.07) is 0. The van der Waals surface area contributed by atoms with Crippen molar-refractivity contribution in [2.75, 3.05) is 20.3 Å². The first-order chi connectivity index (χ1) is 25.8. The average molecular weight is 779 g/mol. The molecule has 0 aromatic rings. The van der Waals surface area contributed by atoms with Gasteiger partial charge in [0.2, 0.25) is 0 Å². The second-order valence-corrected chi connectivity index (χ2v) is 18.9. The van der Waals surface area contributed by atoms with Gasteiger partial charge < -0.3 is 59.4 Å². The zero-order valence-corrected chi connectivity index (χ0v) is 32.8. The van der Waals surface area contributed by atoms with E-state index in [2.05, 4.69) is 38.2 Å². The summed E-state index contributed by atoms with van der Waals surface area (Å²) >= 11 is 0. The van der Waals surface area contributed by atoms with E-state index >= 15 is 0 Å². The van der Waals surface area contributed by atoms with Crippen LogP contribution in [0.3, 0.4) is 0 Å². The van der Waals surface area contributed by atoms with Crippen LogP contribution in [0.15, 0.2) is 23.8 Å². The standard InChI is InChI=1S/C41H62O14/c1-20-9-14-41(36(49)50)16-15-39(4)21(22(41)17-20)7-8-25-37(2)12-11-26(38(3,19-42)24(37)10-13-40(25,39)5)53-34-30(47)31(23(43)18-52-34)54-35-29(46)27(44)28(45)32(55-35)33(48)51-6/h7,22-32,34-35,42-47H,1,8-19H2,2-6H3,(H,49,50)/t22-,23-,24+,25+,26-,27-,28-,29+,30+,31-,32-,34-,35+,37-,38-,39+,40+,41-/m0/s1. The van der Waals surface area contributed by atoms with Crippen LogP contribution >= 0.6 is 0 Å². The van der Waals surface area contributed by atoms with E-state index in [9.17, 15) is 45.3 Å². The number of carboxylic acid groups (broad SMARTS) is 1. The Morgan fingerprint density at radius 1 is 0.891 bits per heavy atom. The quantitative estimate of drug-likeness (QED) is 0.112. The molecule has 0 bridgehead atoms. The minimum atomic E-state index is -1.85. The average Bonchev–Trinajstić information content (AvgIpc) is 3.15. The van der Waals surface area contributed by atoms with Gasteiger partial charge in [-0.15, -0.1) is 0 Å². The number of carboxylic acids is 1. The number of aliphatic carboxylic acids is 1. The van der Waals surface area contributed by atoms with E-state index in [-0.39, 0.29) is 47.2 Å². The molecule has 2 heterocycles. The third-order valence-electron chi connectivity index (χ3n) is 16.6. The van der Waals surface area contributed by atoms with Crippen LogP contribution < -0.4 is 0 Å². The fourth-order valence-electron chi connectivity index (χ4n) is 13.1. The van der Waals surface area contributed by atoms with Gasteiger partial charge in [-0.2, -0.15) is 0 Å². The van der Waals surface area contributed by atoms with E-state index in [1.54, 1.807) is 0 Å². The Morgan fingerprint density at radius 3 is 2.29 bits per heavy atom. The van der Waals surface area contributed by atoms with Gasteiger partial charge in [0.15, 0.2) is 18.7 Å². The summed E-state index contributed by atoms with van der Waals surface area (Å²) in [5.41, 5.74) is 0.508. The number of esters is 1. The topological polar surface area (TPSA) is 222 Å². The summed E-state index contributed by atoms with van der Waals surface area (Å²) in [5, 5.41) is 75.5. The van der Waals surface area contributed by atoms with Crippen LogP contribution in [0, 0.1) is 44.8 Å². The molecule has 4 saturated carbocycles. The summed E-state index contributed by atoms with van der Waals surface area (Å²) in [6.45, 7) is 13.0. The molecule has 5 aliphatic carbocycles. The van der Waals surface area contributed by atoms with Gasteiger partial charge >= 0.3 is 11.9 Å². The molecule has 0 aromatic heterocycles. The molecule has 7 rings (SSSR count). The monoisotopic (exact) mass is 778 g/mol. The number of carbonyl (C=O) groups excluding carboxylic acids is 1. The molecule has 2 saturated heterocycles. The zero-order chi connectivity index (χ0) is 40.0. The van der Waals surface area contributed by atoms with Crippen LogP contribution in [-0.2, 0) is 33.3 Å². The Balaban J connectivity index is 1.10. The van der Waals surface area contributed by atoms with E-state index in [4.69, 9.17) is 18.9 Å². The maximum Gasteiger partial charge on any atom is 0.337 e. The van der Waals surface area contributed by atoms with Gasteiger partial charge in [0.1, 0.15) is 36.6 Å². The largest absolute Gasteiger partial charge is 0.481 e. The molecule has 0 amide bonds. The predicted molar refractivity (Wildman–Crippen MR) is 194 cm³/mol. The molecule has 7 aliphatic rings. The minimum absolute atomic E-state index is 0.0452. The molecule has 14 nitrogen and oxygen atoms in total. The first kappa shape index (κ1) is 41.2. The third kappa shape index (κ3) is 6.02. The van der Waals surface area contributed by atoms with Crippen LogP contribution in [0.4, 0.5) is 0 Å². The number of aliphatic hydroxyl groups excluding tert-OH is 6. The van der Waals surface area contributed by atoms with Crippen LogP contribution in [-0.4, -0.2) is 129 Å². The number of fused-ring (bicyclic) bond motifs is 7. The molecule has 6 fully saturated rings. The van der Waals surface area contributed by atoms with Gasteiger partial charge in [0.05, 0.1) is 31.8 Å². The second kappa shape index (κ2) is 14.4. The van der Waals surface area contributed by atoms with Gasteiger partial charge in [-0.3, -0.25) is 4.79 Å². The number of rotatable bonds is 7. The summed E-state index contributed by atoms with van der Waals surface area (Å²) in [5.74, 6) is -1.42. The van der Waals surface area contributed by atoms with E-state index in [1.807, 2.05) is 6.92 Å². The molecule has 0 aromatic carbocycles. The SMILES string of the molecule is C=C1CC[C@]2(C(=O)O)CC[C@]3(C)C(=CC[C@@H]4[C@@]5(C)CC[C@H](O[C@@H]6OC[C@H](O)[C@H](O[C@@H]7O[C@H](C(=O)OC)[C@@H](O)[C@H](O)[C@H]7O)[C@H]6O)[C@@](C)(CO)[C@@H]5CC[C@]43C)[C@@H]2C1. The van der Waals surface area contributed by atoms with Gasteiger partial charge in [-0.1, -0.05) is 51.5 Å². The maximum atomic E-state index is 12.9. The Bertz CT molecular complexity index is 1550. The smallest absolute Gasteiger partial charge is 0.337 e. The molecule has 2 aliphatic heterocycles. The van der Waals surface area contributed by atoms with Crippen LogP contribution in [0.5, 0.6) is 0 Å². The lowest BCUT2D eigenvalue weighted by Gasteiger charge is -2.71. The molecule has 0 radical (unpaired) electrons. The van der Waals surface area contributed by atoms with Crippen molar-refractivity contribution >= 4 is 11.9 Å². The van der Waals surface area contributed by atoms with Crippen molar-refractivity contribution < 1.29 is 69.0 Å². The Morgan fingerprint density at radius 2 is 1.62 bits per heavy atom. The molecule has 14 heteroatoms. The van der Waals surface area contributed by atoms with Crippen LogP contribution in [0.2, 0.25) is 0 Å². The fourth-order valence-corrected chi connectivity index (χ4v) is 13.1. The predicted octanol–water partition coefficient (Wildman–Crippen LogP) is 2.20. The summed E-state index contributed by atoms with van der Waals surface area (Å²) in [6.07, 6.45) is -5.27. The lowest BCUT2D eigenvalue weighted by atomic mass is 9.34. The van der Waals surface area contributed by atoms with Crippen molar-refractivity contribution in [1.29, 1.82) is 0 Å². The van der Waals surface area contributed by atoms with Gasteiger partial charge in [0, 0.05) is 11.3 Å². The van der Waals surface area contributed by atoms with Crippen molar-refractivity contribution in [2.45, 2.75) is 153 Å². The highest BCUT2D eigenvalue weighted by molar-refractivity contribution is 5.77. The van der Waals surface area contributed by atoms with Crippen molar-refractivity contribution in [3.05, 3.63) is 23.8 Å². The zero-order valence-electron chi connectivity index (χ0n) is 32.8. The van der Waals surface area contributed by atoms with E-state index in [0.29, 0.717) is 19.3 Å². The summed E-state index contributed by atoms with van der Waals surface area (Å²) in [7, 11) is 1.07.